The Morgan fingerprint density at radius 1 is 0.619 bits per heavy atom. The first-order valence-electron chi connectivity index (χ1n) is 14.6. The van der Waals surface area contributed by atoms with E-state index in [1.165, 1.54) is 28.5 Å². The zero-order valence-corrected chi connectivity index (χ0v) is 28.5. The first-order valence-corrected chi connectivity index (χ1v) is 15.3. The lowest BCUT2D eigenvalue weighted by molar-refractivity contribution is -0.384. The molecular formula is C36H48BrN3O2. The Hall–Kier alpha value is -3.38. The predicted molar refractivity (Wildman–Crippen MR) is 182 cm³/mol. The van der Waals surface area contributed by atoms with E-state index in [0.29, 0.717) is 23.7 Å². The molecule has 0 saturated heterocycles. The summed E-state index contributed by atoms with van der Waals surface area (Å²) < 4.78 is 1.10. The van der Waals surface area contributed by atoms with E-state index in [-0.39, 0.29) is 10.6 Å². The molecule has 2 aromatic heterocycles. The summed E-state index contributed by atoms with van der Waals surface area (Å²) in [5, 5.41) is 10.4. The number of nitrogens with zero attached hydrogens (tertiary/aromatic N) is 3. The maximum absolute atomic E-state index is 10.4. The minimum Gasteiger partial charge on any atom is -0.261 e. The van der Waals surface area contributed by atoms with Crippen molar-refractivity contribution >= 4 is 21.6 Å². The van der Waals surface area contributed by atoms with E-state index in [1.807, 2.05) is 50.5 Å². The summed E-state index contributed by atoms with van der Waals surface area (Å²) >= 11 is 3.39. The fourth-order valence-corrected chi connectivity index (χ4v) is 3.91. The molecule has 0 aliphatic rings. The van der Waals surface area contributed by atoms with Gasteiger partial charge in [-0.1, -0.05) is 113 Å². The van der Waals surface area contributed by atoms with Crippen LogP contribution in [0.25, 0.3) is 0 Å². The number of aryl methyl sites for hydroxylation is 2. The smallest absolute Gasteiger partial charge is 0.261 e. The van der Waals surface area contributed by atoms with E-state index in [2.05, 4.69) is 112 Å². The molecule has 0 aliphatic carbocycles. The Kier molecular flexibility index (Phi) is 16.5. The summed E-state index contributed by atoms with van der Waals surface area (Å²) in [5.74, 6) is 2.04. The van der Waals surface area contributed by atoms with Crippen LogP contribution in [0.15, 0.2) is 89.7 Å². The molecule has 0 spiro atoms. The zero-order chi connectivity index (χ0) is 31.8. The van der Waals surface area contributed by atoms with Crippen LogP contribution in [-0.4, -0.2) is 14.9 Å². The minimum absolute atomic E-state index is 0.168. The second-order valence-corrected chi connectivity index (χ2v) is 12.5. The lowest BCUT2D eigenvalue weighted by Crippen LogP contribution is -1.91. The second kappa shape index (κ2) is 18.9. The normalized spacial score (nSPS) is 10.4. The van der Waals surface area contributed by atoms with Crippen molar-refractivity contribution in [3.8, 4) is 0 Å². The third-order valence-electron chi connectivity index (χ3n) is 6.35. The molecule has 0 bridgehead atoms. The Balaban J connectivity index is 0.000000281. The Labute approximate surface area is 262 Å². The van der Waals surface area contributed by atoms with Gasteiger partial charge >= 0.3 is 0 Å². The summed E-state index contributed by atoms with van der Waals surface area (Å²) in [6, 6.07) is 23.6. The molecule has 2 aromatic carbocycles. The SMILES string of the molecule is CC(C)c1cc(Br)ccn1.CC(C)c1cccc([N+](=O)[O-])c1.Cc1ccc(C(C)C)cc1.Cc1ccnc(C(C)C)c1. The molecule has 42 heavy (non-hydrogen) atoms. The van der Waals surface area contributed by atoms with Crippen LogP contribution >= 0.6 is 15.9 Å². The summed E-state index contributed by atoms with van der Waals surface area (Å²) in [7, 11) is 0. The van der Waals surface area contributed by atoms with Crippen molar-refractivity contribution in [3.05, 3.63) is 133 Å². The number of nitro benzene ring substituents is 1. The van der Waals surface area contributed by atoms with Gasteiger partial charge in [0.2, 0.25) is 0 Å². The van der Waals surface area contributed by atoms with Crippen molar-refractivity contribution in [2.75, 3.05) is 0 Å². The van der Waals surface area contributed by atoms with E-state index in [4.69, 9.17) is 0 Å². The van der Waals surface area contributed by atoms with Gasteiger partial charge in [-0.15, -0.1) is 0 Å². The molecule has 4 aromatic rings. The highest BCUT2D eigenvalue weighted by atomic mass is 79.9. The molecule has 0 amide bonds. The van der Waals surface area contributed by atoms with Gasteiger partial charge in [0.1, 0.15) is 0 Å². The number of nitro groups is 1. The maximum Gasteiger partial charge on any atom is 0.269 e. The van der Waals surface area contributed by atoms with Crippen LogP contribution in [0, 0.1) is 24.0 Å². The number of halogens is 1. The Morgan fingerprint density at radius 3 is 1.55 bits per heavy atom. The summed E-state index contributed by atoms with van der Waals surface area (Å²) in [4.78, 5) is 18.5. The molecule has 6 heteroatoms. The summed E-state index contributed by atoms with van der Waals surface area (Å²) in [6.07, 6.45) is 3.68. The molecule has 0 radical (unpaired) electrons. The van der Waals surface area contributed by atoms with Crippen LogP contribution in [0.5, 0.6) is 0 Å². The Morgan fingerprint density at radius 2 is 1.14 bits per heavy atom. The number of rotatable bonds is 5. The molecule has 0 atom stereocenters. The van der Waals surface area contributed by atoms with Gasteiger partial charge in [-0.25, -0.2) is 0 Å². The van der Waals surface area contributed by atoms with Gasteiger partial charge in [-0.2, -0.15) is 0 Å². The molecular weight excluding hydrogens is 586 g/mol. The van der Waals surface area contributed by atoms with Crippen LogP contribution < -0.4 is 0 Å². The fourth-order valence-electron chi connectivity index (χ4n) is 3.56. The number of non-ortho nitro benzene ring substituents is 1. The van der Waals surface area contributed by atoms with Gasteiger partial charge in [0.15, 0.2) is 0 Å². The first kappa shape index (κ1) is 36.6. The summed E-state index contributed by atoms with van der Waals surface area (Å²) in [6.45, 7) is 21.2. The summed E-state index contributed by atoms with van der Waals surface area (Å²) in [5.41, 5.74) is 7.54. The van der Waals surface area contributed by atoms with Gasteiger partial charge in [0.25, 0.3) is 5.69 Å². The third kappa shape index (κ3) is 14.5. The monoisotopic (exact) mass is 633 g/mol. The molecule has 5 nitrogen and oxygen atoms in total. The lowest BCUT2D eigenvalue weighted by Gasteiger charge is -2.03. The van der Waals surface area contributed by atoms with Crippen LogP contribution in [0.3, 0.4) is 0 Å². The number of hydrogen-bond acceptors (Lipinski definition) is 4. The topological polar surface area (TPSA) is 68.9 Å². The van der Waals surface area contributed by atoms with Crippen LogP contribution in [0.2, 0.25) is 0 Å². The standard InChI is InChI=1S/C10H14.C9H11NO2.C9H13N.C8H10BrN/c1-8(2)10-6-4-9(3)5-7-10;1-7(2)8-4-3-5-9(6-8)10(11)12;1-7(2)9-6-8(3)4-5-10-9;1-6(2)8-5-7(9)3-4-10-8/h4-8H,1-3H3;3-7H,1-2H3;4-7H,1-3H3;3-6H,1-2H3. The van der Waals surface area contributed by atoms with Gasteiger partial charge in [-0.05, 0) is 78.5 Å². The van der Waals surface area contributed by atoms with Crippen molar-refractivity contribution in [2.45, 2.75) is 92.9 Å². The molecule has 226 valence electrons. The van der Waals surface area contributed by atoms with Gasteiger partial charge < -0.3 is 0 Å². The highest BCUT2D eigenvalue weighted by molar-refractivity contribution is 9.10. The minimum atomic E-state index is -0.369. The van der Waals surface area contributed by atoms with Crippen molar-refractivity contribution in [1.29, 1.82) is 0 Å². The second-order valence-electron chi connectivity index (χ2n) is 11.5. The number of pyridine rings is 2. The lowest BCUT2D eigenvalue weighted by atomic mass is 10.0. The number of benzene rings is 2. The fraction of sp³-hybridized carbons (Fsp3) is 0.389. The van der Waals surface area contributed by atoms with Gasteiger partial charge in [-0.3, -0.25) is 20.1 Å². The van der Waals surface area contributed by atoms with Crippen LogP contribution in [-0.2, 0) is 0 Å². The molecule has 0 fully saturated rings. The maximum atomic E-state index is 10.4. The van der Waals surface area contributed by atoms with E-state index in [9.17, 15) is 10.1 Å². The van der Waals surface area contributed by atoms with E-state index < -0.39 is 0 Å². The molecule has 2 heterocycles. The van der Waals surface area contributed by atoms with E-state index in [0.717, 1.165) is 15.7 Å². The van der Waals surface area contributed by atoms with Crippen LogP contribution in [0.4, 0.5) is 5.69 Å². The largest absolute Gasteiger partial charge is 0.269 e. The highest BCUT2D eigenvalue weighted by Crippen LogP contribution is 2.20. The molecule has 0 unspecified atom stereocenters. The average molecular weight is 635 g/mol. The predicted octanol–water partition coefficient (Wildman–Crippen LogP) is 11.3. The van der Waals surface area contributed by atoms with E-state index >= 15 is 0 Å². The average Bonchev–Trinajstić information content (AvgIpc) is 2.94. The van der Waals surface area contributed by atoms with E-state index in [1.54, 1.807) is 12.1 Å². The number of hydrogen-bond donors (Lipinski definition) is 0. The molecule has 0 saturated carbocycles. The van der Waals surface area contributed by atoms with Crippen molar-refractivity contribution in [2.24, 2.45) is 0 Å². The number of aromatic nitrogens is 2. The first-order chi connectivity index (χ1) is 19.7. The van der Waals surface area contributed by atoms with Crippen LogP contribution in [0.1, 0.15) is 113 Å². The zero-order valence-electron chi connectivity index (χ0n) is 26.9. The molecule has 4 rings (SSSR count). The molecule has 0 N–H and O–H groups in total. The van der Waals surface area contributed by atoms with Crippen molar-refractivity contribution in [3.63, 3.8) is 0 Å². The van der Waals surface area contributed by atoms with Gasteiger partial charge in [0.05, 0.1) is 4.92 Å². The third-order valence-corrected chi connectivity index (χ3v) is 6.85. The van der Waals surface area contributed by atoms with Crippen molar-refractivity contribution < 1.29 is 4.92 Å². The van der Waals surface area contributed by atoms with Crippen molar-refractivity contribution in [1.82, 2.24) is 9.97 Å². The van der Waals surface area contributed by atoms with Gasteiger partial charge in [0, 0.05) is 40.4 Å². The Bertz CT molecular complexity index is 1300. The quantitative estimate of drug-likeness (QED) is 0.162. The highest BCUT2D eigenvalue weighted by Gasteiger charge is 2.07. The molecule has 0 aliphatic heterocycles.